The predicted octanol–water partition coefficient (Wildman–Crippen LogP) is 3.53. The van der Waals surface area contributed by atoms with Crippen molar-refractivity contribution in [2.24, 2.45) is 5.41 Å². The van der Waals surface area contributed by atoms with E-state index in [2.05, 4.69) is 10.6 Å². The van der Waals surface area contributed by atoms with E-state index in [1.165, 1.54) is 0 Å². The third-order valence-corrected chi connectivity index (χ3v) is 4.74. The van der Waals surface area contributed by atoms with Gasteiger partial charge in [0, 0.05) is 11.4 Å². The summed E-state index contributed by atoms with van der Waals surface area (Å²) in [6.07, 6.45) is 1.07. The lowest BCUT2D eigenvalue weighted by Gasteiger charge is -2.17. The quantitative estimate of drug-likeness (QED) is 0.840. The van der Waals surface area contributed by atoms with Crippen molar-refractivity contribution >= 4 is 23.2 Å². The van der Waals surface area contributed by atoms with Crippen LogP contribution in [0.15, 0.2) is 42.5 Å². The number of nitrogens with one attached hydrogen (secondary N) is 2. The number of carbonyl (C=O) groups excluding carboxylic acids is 2. The molecule has 1 aliphatic carbocycles. The number of amides is 2. The lowest BCUT2D eigenvalue weighted by molar-refractivity contribution is -0.131. The van der Waals surface area contributed by atoms with Crippen molar-refractivity contribution in [3.05, 3.63) is 59.2 Å². The molecule has 2 aromatic rings. The molecule has 3 rings (SSSR count). The Bertz CT molecular complexity index is 875. The van der Waals surface area contributed by atoms with Crippen LogP contribution in [-0.4, -0.2) is 11.8 Å². The minimum Gasteiger partial charge on any atom is -0.325 e. The van der Waals surface area contributed by atoms with E-state index in [-0.39, 0.29) is 11.8 Å². The third-order valence-electron chi connectivity index (χ3n) is 4.74. The summed E-state index contributed by atoms with van der Waals surface area (Å²) < 4.78 is 0. The Kier molecular flexibility index (Phi) is 4.28. The molecule has 0 aliphatic heterocycles. The van der Waals surface area contributed by atoms with Crippen molar-refractivity contribution in [1.29, 1.82) is 5.26 Å². The Morgan fingerprint density at radius 3 is 2.24 bits per heavy atom. The molecule has 25 heavy (non-hydrogen) atoms. The minimum absolute atomic E-state index is 0.271. The third kappa shape index (κ3) is 3.24. The van der Waals surface area contributed by atoms with Crippen LogP contribution in [0.5, 0.6) is 0 Å². The molecule has 5 nitrogen and oxygen atoms in total. The fourth-order valence-corrected chi connectivity index (χ4v) is 2.69. The van der Waals surface area contributed by atoms with Crippen molar-refractivity contribution in [2.75, 3.05) is 10.6 Å². The number of anilines is 2. The van der Waals surface area contributed by atoms with Gasteiger partial charge in [-0.3, -0.25) is 9.59 Å². The van der Waals surface area contributed by atoms with Gasteiger partial charge in [-0.15, -0.1) is 0 Å². The lowest BCUT2D eigenvalue weighted by Crippen LogP contribution is -2.35. The second-order valence-corrected chi connectivity index (χ2v) is 6.43. The van der Waals surface area contributed by atoms with Crippen LogP contribution in [0.2, 0.25) is 0 Å². The van der Waals surface area contributed by atoms with E-state index in [9.17, 15) is 9.59 Å². The van der Waals surface area contributed by atoms with Crippen LogP contribution < -0.4 is 10.6 Å². The zero-order valence-corrected chi connectivity index (χ0v) is 14.2. The summed E-state index contributed by atoms with van der Waals surface area (Å²) in [5, 5.41) is 14.5. The maximum Gasteiger partial charge on any atom is 0.240 e. The molecule has 2 N–H and O–H groups in total. The summed E-state index contributed by atoms with van der Waals surface area (Å²) in [6, 6.07) is 14.3. The van der Waals surface area contributed by atoms with Crippen molar-refractivity contribution in [2.45, 2.75) is 26.7 Å². The highest BCUT2D eigenvalue weighted by molar-refractivity contribution is 6.17. The smallest absolute Gasteiger partial charge is 0.240 e. The Morgan fingerprint density at radius 2 is 1.64 bits per heavy atom. The molecule has 1 saturated carbocycles. The number of rotatable bonds is 4. The first-order chi connectivity index (χ1) is 12.0. The van der Waals surface area contributed by atoms with Gasteiger partial charge in [0.2, 0.25) is 11.8 Å². The number of nitrogens with zero attached hydrogens (tertiary/aromatic N) is 1. The van der Waals surface area contributed by atoms with E-state index in [0.29, 0.717) is 24.1 Å². The van der Waals surface area contributed by atoms with Crippen LogP contribution in [0.4, 0.5) is 11.4 Å². The fraction of sp³-hybridized carbons (Fsp3) is 0.250. The molecule has 0 saturated heterocycles. The van der Waals surface area contributed by atoms with Gasteiger partial charge < -0.3 is 10.6 Å². The number of hydrogen-bond acceptors (Lipinski definition) is 3. The molecule has 0 radical (unpaired) electrons. The number of hydrogen-bond donors (Lipinski definition) is 2. The van der Waals surface area contributed by atoms with Crippen LogP contribution >= 0.6 is 0 Å². The Hall–Kier alpha value is -3.13. The number of carbonyl (C=O) groups is 2. The van der Waals surface area contributed by atoms with Gasteiger partial charge in [-0.1, -0.05) is 12.1 Å². The number of nitriles is 1. The molecule has 126 valence electrons. The normalized spacial score (nSPS) is 14.3. The van der Waals surface area contributed by atoms with Crippen LogP contribution in [0.25, 0.3) is 0 Å². The Morgan fingerprint density at radius 1 is 1.00 bits per heavy atom. The number of benzene rings is 2. The van der Waals surface area contributed by atoms with Crippen LogP contribution in [0, 0.1) is 30.6 Å². The molecule has 0 spiro atoms. The standard InChI is InChI=1S/C20H19N3O2/c1-13-4-3-5-17(14(13)2)23-19(25)20(10-11-20)18(24)22-16-8-6-15(12-21)7-9-16/h3-9H,10-11H2,1-2H3,(H,22,24)(H,23,25). The summed E-state index contributed by atoms with van der Waals surface area (Å²) in [4.78, 5) is 25.3. The Balaban J connectivity index is 1.72. The molecule has 0 bridgehead atoms. The van der Waals surface area contributed by atoms with E-state index in [4.69, 9.17) is 5.26 Å². The molecule has 5 heteroatoms. The van der Waals surface area contributed by atoms with Crippen LogP contribution in [0.3, 0.4) is 0 Å². The molecule has 0 heterocycles. The van der Waals surface area contributed by atoms with E-state index in [1.807, 2.05) is 38.1 Å². The van der Waals surface area contributed by atoms with Crippen molar-refractivity contribution in [1.82, 2.24) is 0 Å². The highest BCUT2D eigenvalue weighted by atomic mass is 16.2. The van der Waals surface area contributed by atoms with Gasteiger partial charge in [0.25, 0.3) is 0 Å². The molecule has 0 unspecified atom stereocenters. The summed E-state index contributed by atoms with van der Waals surface area (Å²) in [6.45, 7) is 3.93. The van der Waals surface area contributed by atoms with Crippen molar-refractivity contribution in [3.8, 4) is 6.07 Å². The largest absolute Gasteiger partial charge is 0.325 e. The molecule has 1 aliphatic rings. The average Bonchev–Trinajstić information content (AvgIpc) is 3.41. The van der Waals surface area contributed by atoms with Gasteiger partial charge in [-0.2, -0.15) is 5.26 Å². The number of aryl methyl sites for hydroxylation is 1. The topological polar surface area (TPSA) is 82.0 Å². The molecule has 0 aromatic heterocycles. The van der Waals surface area contributed by atoms with Gasteiger partial charge in [-0.05, 0) is 68.1 Å². The van der Waals surface area contributed by atoms with Gasteiger partial charge in [0.15, 0.2) is 0 Å². The summed E-state index contributed by atoms with van der Waals surface area (Å²) in [5.41, 5.74) is 2.91. The van der Waals surface area contributed by atoms with Gasteiger partial charge in [-0.25, -0.2) is 0 Å². The average molecular weight is 333 g/mol. The fourth-order valence-electron chi connectivity index (χ4n) is 2.69. The van der Waals surface area contributed by atoms with Gasteiger partial charge >= 0.3 is 0 Å². The van der Waals surface area contributed by atoms with Crippen LogP contribution in [0.1, 0.15) is 29.5 Å². The summed E-state index contributed by atoms with van der Waals surface area (Å²) in [5.74, 6) is -0.577. The minimum atomic E-state index is -1.01. The molecule has 1 fully saturated rings. The van der Waals surface area contributed by atoms with E-state index < -0.39 is 5.41 Å². The molecule has 2 amide bonds. The highest BCUT2D eigenvalue weighted by Crippen LogP contribution is 2.47. The molecular weight excluding hydrogens is 314 g/mol. The predicted molar refractivity (Wildman–Crippen MR) is 96.0 cm³/mol. The SMILES string of the molecule is Cc1cccc(NC(=O)C2(C(=O)Nc3ccc(C#N)cc3)CC2)c1C. The molecule has 2 aromatic carbocycles. The van der Waals surface area contributed by atoms with Crippen molar-refractivity contribution < 1.29 is 9.59 Å². The van der Waals surface area contributed by atoms with E-state index in [0.717, 1.165) is 16.8 Å². The first-order valence-corrected chi connectivity index (χ1v) is 8.15. The van der Waals surface area contributed by atoms with Crippen molar-refractivity contribution in [3.63, 3.8) is 0 Å². The highest BCUT2D eigenvalue weighted by Gasteiger charge is 2.56. The maximum atomic E-state index is 12.7. The van der Waals surface area contributed by atoms with E-state index >= 15 is 0 Å². The zero-order chi connectivity index (χ0) is 18.0. The zero-order valence-electron chi connectivity index (χ0n) is 14.2. The van der Waals surface area contributed by atoms with Gasteiger partial charge in [0.05, 0.1) is 11.6 Å². The summed E-state index contributed by atoms with van der Waals surface area (Å²) >= 11 is 0. The monoisotopic (exact) mass is 333 g/mol. The maximum absolute atomic E-state index is 12.7. The first-order valence-electron chi connectivity index (χ1n) is 8.15. The first kappa shape index (κ1) is 16.7. The van der Waals surface area contributed by atoms with Crippen LogP contribution in [-0.2, 0) is 9.59 Å². The van der Waals surface area contributed by atoms with E-state index in [1.54, 1.807) is 24.3 Å². The second kappa shape index (κ2) is 6.40. The molecule has 0 atom stereocenters. The lowest BCUT2D eigenvalue weighted by atomic mass is 10.0. The van der Waals surface area contributed by atoms with Gasteiger partial charge in [0.1, 0.15) is 5.41 Å². The second-order valence-electron chi connectivity index (χ2n) is 6.43. The molecular formula is C20H19N3O2. The Labute approximate surface area is 146 Å². The summed E-state index contributed by atoms with van der Waals surface area (Å²) in [7, 11) is 0.